The Labute approximate surface area is 116 Å². The van der Waals surface area contributed by atoms with Crippen molar-refractivity contribution in [2.24, 2.45) is 0 Å². The molecule has 2 aromatic rings. The van der Waals surface area contributed by atoms with Crippen molar-refractivity contribution in [1.29, 1.82) is 0 Å². The summed E-state index contributed by atoms with van der Waals surface area (Å²) in [4.78, 5) is 12.6. The molecule has 1 saturated carbocycles. The largest absolute Gasteiger partial charge is 0.481 e. The smallest absolute Gasteiger partial charge is 0.231 e. The van der Waals surface area contributed by atoms with Crippen LogP contribution in [0.2, 0.25) is 0 Å². The average molecular weight is 275 g/mol. The Balaban J connectivity index is 1.86. The van der Waals surface area contributed by atoms with Crippen LogP contribution >= 0.6 is 0 Å². The van der Waals surface area contributed by atoms with Crippen molar-refractivity contribution in [3.63, 3.8) is 0 Å². The van der Waals surface area contributed by atoms with Gasteiger partial charge >= 0.3 is 0 Å². The van der Waals surface area contributed by atoms with Gasteiger partial charge in [0.1, 0.15) is 12.0 Å². The Bertz CT molecular complexity index is 586. The number of ether oxygens (including phenoxy) is 1. The third kappa shape index (κ3) is 2.36. The topological polar surface area (TPSA) is 86.0 Å². The van der Waals surface area contributed by atoms with Crippen molar-refractivity contribution in [2.45, 2.75) is 31.2 Å². The molecule has 2 heterocycles. The summed E-state index contributed by atoms with van der Waals surface area (Å²) < 4.78 is 10.5. The van der Waals surface area contributed by atoms with Gasteiger partial charge in [-0.3, -0.25) is 0 Å². The summed E-state index contributed by atoms with van der Waals surface area (Å²) in [6.07, 6.45) is 4.81. The molecule has 1 N–H and O–H groups in total. The predicted octanol–water partition coefficient (Wildman–Crippen LogP) is 1.39. The molecule has 0 saturated heterocycles. The summed E-state index contributed by atoms with van der Waals surface area (Å²) in [5, 5.41) is 7.32. The van der Waals surface area contributed by atoms with E-state index in [1.54, 1.807) is 13.2 Å². The number of aromatic nitrogens is 4. The van der Waals surface area contributed by atoms with Crippen molar-refractivity contribution >= 4 is 0 Å². The number of nitrogens with one attached hydrogen (secondary N) is 1. The molecule has 1 aliphatic rings. The van der Waals surface area contributed by atoms with Gasteiger partial charge in [0.15, 0.2) is 0 Å². The maximum absolute atomic E-state index is 5.41. The van der Waals surface area contributed by atoms with E-state index in [0.717, 1.165) is 12.8 Å². The van der Waals surface area contributed by atoms with Crippen molar-refractivity contribution in [2.75, 3.05) is 14.2 Å². The molecule has 0 aromatic carbocycles. The van der Waals surface area contributed by atoms with Gasteiger partial charge < -0.3 is 14.6 Å². The highest BCUT2D eigenvalue weighted by molar-refractivity contribution is 5.49. The molecule has 0 amide bonds. The van der Waals surface area contributed by atoms with Crippen molar-refractivity contribution in [3.05, 3.63) is 18.3 Å². The molecule has 7 nitrogen and oxygen atoms in total. The van der Waals surface area contributed by atoms with Crippen LogP contribution < -0.4 is 10.1 Å². The zero-order valence-electron chi connectivity index (χ0n) is 11.5. The second kappa shape index (κ2) is 5.54. The first kappa shape index (κ1) is 13.0. The summed E-state index contributed by atoms with van der Waals surface area (Å²) in [7, 11) is 3.53. The van der Waals surface area contributed by atoms with E-state index < -0.39 is 0 Å². The fraction of sp³-hybridized carbons (Fsp3) is 0.538. The minimum absolute atomic E-state index is 0.282. The zero-order valence-corrected chi connectivity index (χ0v) is 11.5. The van der Waals surface area contributed by atoms with Gasteiger partial charge in [-0.25, -0.2) is 9.97 Å². The normalized spacial score (nSPS) is 22.1. The van der Waals surface area contributed by atoms with E-state index in [1.807, 2.05) is 7.05 Å². The lowest BCUT2D eigenvalue weighted by Gasteiger charge is -2.14. The molecule has 0 bridgehead atoms. The molecule has 1 aliphatic carbocycles. The van der Waals surface area contributed by atoms with Crippen LogP contribution in [-0.4, -0.2) is 40.3 Å². The van der Waals surface area contributed by atoms with Crippen molar-refractivity contribution in [1.82, 2.24) is 25.4 Å². The summed E-state index contributed by atoms with van der Waals surface area (Å²) >= 11 is 0. The highest BCUT2D eigenvalue weighted by Crippen LogP contribution is 2.34. The molecular weight excluding hydrogens is 258 g/mol. The number of hydrogen-bond acceptors (Lipinski definition) is 7. The van der Waals surface area contributed by atoms with Crippen LogP contribution in [0.5, 0.6) is 5.88 Å². The van der Waals surface area contributed by atoms with Gasteiger partial charge in [-0.2, -0.15) is 4.98 Å². The van der Waals surface area contributed by atoms with Gasteiger partial charge in [-0.15, -0.1) is 0 Å². The van der Waals surface area contributed by atoms with Gasteiger partial charge in [0.05, 0.1) is 13.0 Å². The zero-order chi connectivity index (χ0) is 13.9. The summed E-state index contributed by atoms with van der Waals surface area (Å²) in [6.45, 7) is 0. The first-order valence-electron chi connectivity index (χ1n) is 6.69. The third-order valence-corrected chi connectivity index (χ3v) is 3.73. The van der Waals surface area contributed by atoms with Crippen LogP contribution in [0.4, 0.5) is 0 Å². The quantitative estimate of drug-likeness (QED) is 0.902. The average Bonchev–Trinajstić information content (AvgIpc) is 3.15. The molecule has 3 rings (SSSR count). The van der Waals surface area contributed by atoms with E-state index in [9.17, 15) is 0 Å². The van der Waals surface area contributed by atoms with Crippen molar-refractivity contribution < 1.29 is 9.26 Å². The van der Waals surface area contributed by atoms with Crippen LogP contribution in [-0.2, 0) is 0 Å². The Kier molecular flexibility index (Phi) is 3.60. The van der Waals surface area contributed by atoms with Gasteiger partial charge in [0.25, 0.3) is 0 Å². The molecule has 106 valence electrons. The van der Waals surface area contributed by atoms with E-state index in [4.69, 9.17) is 9.26 Å². The van der Waals surface area contributed by atoms with E-state index >= 15 is 0 Å². The number of methoxy groups -OCH3 is 1. The lowest BCUT2D eigenvalue weighted by atomic mass is 10.0. The van der Waals surface area contributed by atoms with Gasteiger partial charge in [-0.05, 0) is 19.9 Å². The Morgan fingerprint density at radius 1 is 1.35 bits per heavy atom. The van der Waals surface area contributed by atoms with Crippen LogP contribution in [0, 0.1) is 0 Å². The van der Waals surface area contributed by atoms with Gasteiger partial charge in [-0.1, -0.05) is 11.6 Å². The van der Waals surface area contributed by atoms with Gasteiger partial charge in [0, 0.05) is 12.1 Å². The Hall–Kier alpha value is -2.02. The fourth-order valence-electron chi connectivity index (χ4n) is 2.66. The first-order chi connectivity index (χ1) is 9.81. The van der Waals surface area contributed by atoms with E-state index in [0.29, 0.717) is 29.3 Å². The molecule has 2 unspecified atom stereocenters. The molecule has 20 heavy (non-hydrogen) atoms. The van der Waals surface area contributed by atoms with E-state index in [1.165, 1.54) is 12.7 Å². The lowest BCUT2D eigenvalue weighted by Crippen LogP contribution is -2.27. The lowest BCUT2D eigenvalue weighted by molar-refractivity contribution is 0.335. The maximum atomic E-state index is 5.41. The van der Waals surface area contributed by atoms with Crippen molar-refractivity contribution in [3.8, 4) is 17.4 Å². The van der Waals surface area contributed by atoms with Gasteiger partial charge in [0.2, 0.25) is 17.6 Å². The molecular formula is C13H17N5O2. The summed E-state index contributed by atoms with van der Waals surface area (Å²) in [5.74, 6) is 1.91. The highest BCUT2D eigenvalue weighted by atomic mass is 16.5. The Morgan fingerprint density at radius 3 is 3.05 bits per heavy atom. The second-order valence-electron chi connectivity index (χ2n) is 4.83. The first-order valence-corrected chi connectivity index (χ1v) is 6.69. The molecule has 2 atom stereocenters. The Morgan fingerprint density at radius 2 is 2.25 bits per heavy atom. The SMILES string of the molecule is CNC1CCCC1c1nc(-c2cc(OC)ncn2)no1. The van der Waals surface area contributed by atoms with Crippen LogP contribution in [0.3, 0.4) is 0 Å². The minimum Gasteiger partial charge on any atom is -0.481 e. The number of hydrogen-bond donors (Lipinski definition) is 1. The van der Waals surface area contributed by atoms with Crippen LogP contribution in [0.1, 0.15) is 31.1 Å². The third-order valence-electron chi connectivity index (χ3n) is 3.73. The summed E-state index contributed by atoms with van der Waals surface area (Å²) in [5.41, 5.74) is 0.603. The number of rotatable bonds is 4. The van der Waals surface area contributed by atoms with Crippen LogP contribution in [0.15, 0.2) is 16.9 Å². The number of likely N-dealkylation sites (N-methyl/N-ethyl adjacent to an activating group) is 1. The maximum Gasteiger partial charge on any atom is 0.231 e. The van der Waals surface area contributed by atoms with E-state index in [-0.39, 0.29) is 5.92 Å². The molecule has 7 heteroatoms. The monoisotopic (exact) mass is 275 g/mol. The summed E-state index contributed by atoms with van der Waals surface area (Å²) in [6, 6.07) is 2.10. The fourth-order valence-corrected chi connectivity index (χ4v) is 2.66. The second-order valence-corrected chi connectivity index (χ2v) is 4.83. The highest BCUT2D eigenvalue weighted by Gasteiger charge is 2.32. The predicted molar refractivity (Wildman–Crippen MR) is 71.3 cm³/mol. The standard InChI is InChI=1S/C13H17N5O2/c1-14-9-5-3-4-8(9)13-17-12(18-20-13)10-6-11(19-2)16-7-15-10/h6-9,14H,3-5H2,1-2H3. The minimum atomic E-state index is 0.282. The molecule has 0 spiro atoms. The molecule has 0 radical (unpaired) electrons. The number of nitrogens with zero attached hydrogens (tertiary/aromatic N) is 4. The van der Waals surface area contributed by atoms with E-state index in [2.05, 4.69) is 25.4 Å². The molecule has 0 aliphatic heterocycles. The molecule has 1 fully saturated rings. The molecule has 2 aromatic heterocycles. The van der Waals surface area contributed by atoms with Crippen LogP contribution in [0.25, 0.3) is 11.5 Å².